The van der Waals surface area contributed by atoms with Gasteiger partial charge in [-0.15, -0.1) is 0 Å². The first-order valence-corrected chi connectivity index (χ1v) is 28.6. The van der Waals surface area contributed by atoms with Gasteiger partial charge in [0, 0.05) is 19.3 Å². The third kappa shape index (κ3) is 35.6. The van der Waals surface area contributed by atoms with Crippen molar-refractivity contribution in [3.05, 3.63) is 85.1 Å². The molecule has 0 aromatic carbocycles. The fourth-order valence-corrected chi connectivity index (χ4v) is 8.70. The highest BCUT2D eigenvalue weighted by Gasteiger charge is 2.54. The van der Waals surface area contributed by atoms with Gasteiger partial charge in [-0.25, -0.2) is 9.13 Å². The molecule has 8 atom stereocenters. The summed E-state index contributed by atoms with van der Waals surface area (Å²) in [5.74, 6) is -1.69. The molecule has 406 valence electrons. The summed E-state index contributed by atoms with van der Waals surface area (Å²) in [4.78, 5) is 66.7. The van der Waals surface area contributed by atoms with Gasteiger partial charge in [0.1, 0.15) is 43.2 Å². The number of aliphatic hydroxyl groups excluding tert-OH is 4. The largest absolute Gasteiger partial charge is 0.472 e. The average molecular weight is 1050 g/mol. The molecule has 7 N–H and O–H groups in total. The van der Waals surface area contributed by atoms with E-state index >= 15 is 0 Å². The minimum Gasteiger partial charge on any atom is -0.462 e. The van der Waals surface area contributed by atoms with E-state index < -0.39 is 83.5 Å². The van der Waals surface area contributed by atoms with Crippen molar-refractivity contribution in [3.8, 4) is 0 Å². The molecule has 0 heterocycles. The van der Waals surface area contributed by atoms with Gasteiger partial charge >= 0.3 is 27.6 Å². The molecule has 71 heavy (non-hydrogen) atoms. The van der Waals surface area contributed by atoms with Crippen LogP contribution in [0, 0.1) is 0 Å². The molecule has 0 aliphatic heterocycles. The lowest BCUT2D eigenvalue weighted by atomic mass is 9.85. The molecule has 1 aliphatic rings. The van der Waals surface area contributed by atoms with Gasteiger partial charge in [0.15, 0.2) is 11.9 Å². The standard InChI is InChI=1S/C52H86O17P2/c1-3-5-7-9-11-13-15-17-18-19-20-21-22-23-25-27-29-31-33-35-39-46(55)67-44(42-66-71(63,64)69-52-49(58)47(56)48(57)51(50(52)59)68-70(60,61)62)41-65-45(54)40-36-38-43(53)37-34-32-30-28-26-24-16-14-12-10-8-6-4-2/h12-15,18-19,21-22,24,26,30,32,34,37,44,47-52,56-59H,3-11,16-17,20,23,25,27-29,31,33,35-36,38-42H2,1-2H3,(H,63,64)(H2,60,61,62)/b14-12-,15-13-,19-18-,22-21-,26-24-,32-30-,37-34+/t44-,47?,48?,49?,50?,51-,52+/m1/s1. The van der Waals surface area contributed by atoms with Crippen LogP contribution in [-0.4, -0.2) is 109 Å². The van der Waals surface area contributed by atoms with E-state index in [2.05, 4.69) is 73.1 Å². The predicted molar refractivity (Wildman–Crippen MR) is 274 cm³/mol. The number of carbonyl (C=O) groups excluding carboxylic acids is 3. The Morgan fingerprint density at radius 2 is 0.958 bits per heavy atom. The molecule has 1 fully saturated rings. The molecule has 5 unspecified atom stereocenters. The molecule has 0 aromatic rings. The average Bonchev–Trinajstić information content (AvgIpc) is 3.32. The lowest BCUT2D eigenvalue weighted by Crippen LogP contribution is -2.64. The molecule has 0 saturated heterocycles. The highest BCUT2D eigenvalue weighted by molar-refractivity contribution is 7.47. The first kappa shape index (κ1) is 65.9. The zero-order chi connectivity index (χ0) is 52.6. The number of ketones is 1. The molecule has 0 bridgehead atoms. The van der Waals surface area contributed by atoms with E-state index in [0.29, 0.717) is 12.8 Å². The number of unbranched alkanes of at least 4 members (excludes halogenated alkanes) is 13. The molecule has 1 aliphatic carbocycles. The second-order valence-electron chi connectivity index (χ2n) is 17.6. The number of rotatable bonds is 42. The van der Waals surface area contributed by atoms with Crippen LogP contribution in [0.1, 0.15) is 168 Å². The molecule has 19 heteroatoms. The molecule has 17 nitrogen and oxygen atoms in total. The van der Waals surface area contributed by atoms with E-state index in [0.717, 1.165) is 70.6 Å². The summed E-state index contributed by atoms with van der Waals surface area (Å²) in [5.41, 5.74) is 0. The van der Waals surface area contributed by atoms with Gasteiger partial charge in [0.2, 0.25) is 0 Å². The van der Waals surface area contributed by atoms with E-state index in [1.54, 1.807) is 12.2 Å². The fourth-order valence-electron chi connectivity index (χ4n) is 7.16. The number of hydrogen-bond acceptors (Lipinski definition) is 14. The first-order valence-electron chi connectivity index (χ1n) is 25.6. The minimum absolute atomic E-state index is 0.0251. The minimum atomic E-state index is -5.40. The molecule has 0 aromatic heterocycles. The van der Waals surface area contributed by atoms with Gasteiger partial charge in [0.05, 0.1) is 6.61 Å². The number of phosphoric ester groups is 2. The molecule has 0 amide bonds. The Bertz CT molecular complexity index is 1750. The van der Waals surface area contributed by atoms with Crippen molar-refractivity contribution in [3.63, 3.8) is 0 Å². The molecular formula is C52H86O17P2. The summed E-state index contributed by atoms with van der Waals surface area (Å²) in [5, 5.41) is 41.3. The Labute approximate surface area is 422 Å². The Balaban J connectivity index is 2.65. The summed E-state index contributed by atoms with van der Waals surface area (Å²) >= 11 is 0. The van der Waals surface area contributed by atoms with Crippen LogP contribution in [0.3, 0.4) is 0 Å². The molecule has 1 saturated carbocycles. The molecule has 0 radical (unpaired) electrons. The van der Waals surface area contributed by atoms with Crippen molar-refractivity contribution >= 4 is 33.4 Å². The van der Waals surface area contributed by atoms with Crippen LogP contribution < -0.4 is 0 Å². The monoisotopic (exact) mass is 1040 g/mol. The quantitative estimate of drug-likeness (QED) is 0.00748. The third-order valence-electron chi connectivity index (χ3n) is 11.2. The summed E-state index contributed by atoms with van der Waals surface area (Å²) in [7, 11) is -10.8. The maximum absolute atomic E-state index is 13.0. The predicted octanol–water partition coefficient (Wildman–Crippen LogP) is 9.74. The second-order valence-corrected chi connectivity index (χ2v) is 20.2. The number of allylic oxidation sites excluding steroid dienone is 14. The first-order chi connectivity index (χ1) is 34.0. The maximum atomic E-state index is 13.0. The topological polar surface area (TPSA) is 273 Å². The Kier molecular flexibility index (Phi) is 38.2. The van der Waals surface area contributed by atoms with Crippen molar-refractivity contribution in [1.82, 2.24) is 0 Å². The van der Waals surface area contributed by atoms with E-state index in [1.807, 2.05) is 12.2 Å². The lowest BCUT2D eigenvalue weighted by Gasteiger charge is -2.43. The van der Waals surface area contributed by atoms with Crippen LogP contribution >= 0.6 is 15.6 Å². The maximum Gasteiger partial charge on any atom is 0.472 e. The van der Waals surface area contributed by atoms with E-state index in [4.69, 9.17) is 18.5 Å². The summed E-state index contributed by atoms with van der Waals surface area (Å²) in [6.45, 7) is 2.85. The normalized spacial score (nSPS) is 21.5. The zero-order valence-corrected chi connectivity index (χ0v) is 43.9. The van der Waals surface area contributed by atoms with Gasteiger partial charge < -0.3 is 44.6 Å². The molecular weight excluding hydrogens is 959 g/mol. The van der Waals surface area contributed by atoms with Gasteiger partial charge in [-0.1, -0.05) is 151 Å². The number of carbonyl (C=O) groups is 3. The van der Waals surface area contributed by atoms with E-state index in [-0.39, 0.29) is 31.5 Å². The number of phosphoric acid groups is 2. The SMILES string of the molecule is CCCCC/C=C\C/C=C\C/C=C\C=C\C(=O)CCCC(=O)OC[C@H](COP(=O)(O)O[C@H]1C(O)C(O)C(O)[C@@H](OP(=O)(O)O)C1O)OC(=O)CCCCCCCC/C=C\C/C=C\C/C=C\CCCCCC. The highest BCUT2D eigenvalue weighted by Crippen LogP contribution is 2.49. The van der Waals surface area contributed by atoms with Gasteiger partial charge in [-0.05, 0) is 83.1 Å². The smallest absolute Gasteiger partial charge is 0.462 e. The summed E-state index contributed by atoms with van der Waals surface area (Å²) in [6, 6.07) is 0. The molecule has 0 spiro atoms. The van der Waals surface area contributed by atoms with Crippen molar-refractivity contribution in [2.75, 3.05) is 13.2 Å². The Hall–Kier alpha value is -3.15. The Morgan fingerprint density at radius 3 is 1.52 bits per heavy atom. The third-order valence-corrected chi connectivity index (χ3v) is 12.7. The lowest BCUT2D eigenvalue weighted by molar-refractivity contribution is -0.216. The number of aliphatic hydroxyl groups is 4. The van der Waals surface area contributed by atoms with E-state index in [9.17, 15) is 58.6 Å². The zero-order valence-electron chi connectivity index (χ0n) is 42.1. The summed E-state index contributed by atoms with van der Waals surface area (Å²) < 4.78 is 49.2. The van der Waals surface area contributed by atoms with Crippen molar-refractivity contribution in [2.24, 2.45) is 0 Å². The van der Waals surface area contributed by atoms with Crippen molar-refractivity contribution < 1.29 is 81.7 Å². The Morgan fingerprint density at radius 1 is 0.493 bits per heavy atom. The number of esters is 2. The highest BCUT2D eigenvalue weighted by atomic mass is 31.2. The van der Waals surface area contributed by atoms with Crippen LogP contribution in [0.5, 0.6) is 0 Å². The number of ether oxygens (including phenoxy) is 2. The van der Waals surface area contributed by atoms with Crippen LogP contribution in [0.4, 0.5) is 0 Å². The van der Waals surface area contributed by atoms with Crippen LogP contribution in [0.2, 0.25) is 0 Å². The van der Waals surface area contributed by atoms with Crippen molar-refractivity contribution in [2.45, 2.75) is 211 Å². The van der Waals surface area contributed by atoms with Crippen LogP contribution in [0.25, 0.3) is 0 Å². The van der Waals surface area contributed by atoms with Crippen molar-refractivity contribution in [1.29, 1.82) is 0 Å². The van der Waals surface area contributed by atoms with Gasteiger partial charge in [0.25, 0.3) is 0 Å². The van der Waals surface area contributed by atoms with Gasteiger partial charge in [-0.3, -0.25) is 28.0 Å². The van der Waals surface area contributed by atoms with Crippen LogP contribution in [0.15, 0.2) is 85.1 Å². The summed E-state index contributed by atoms with van der Waals surface area (Å²) in [6.07, 6.45) is 33.8. The number of hydrogen-bond donors (Lipinski definition) is 7. The van der Waals surface area contributed by atoms with Crippen LogP contribution in [-0.2, 0) is 46.6 Å². The molecule has 1 rings (SSSR count). The second kappa shape index (κ2) is 41.2. The fraction of sp³-hybridized carbons (Fsp3) is 0.673. The van der Waals surface area contributed by atoms with Gasteiger partial charge in [-0.2, -0.15) is 0 Å². The van der Waals surface area contributed by atoms with E-state index in [1.165, 1.54) is 51.0 Å².